The highest BCUT2D eigenvalue weighted by molar-refractivity contribution is 5.83. The van der Waals surface area contributed by atoms with Gasteiger partial charge in [-0.3, -0.25) is 0 Å². The van der Waals surface area contributed by atoms with E-state index in [0.29, 0.717) is 6.04 Å². The van der Waals surface area contributed by atoms with Crippen LogP contribution in [0, 0.1) is 11.7 Å². The molecule has 0 saturated heterocycles. The lowest BCUT2D eigenvalue weighted by Gasteiger charge is -2.13. The second-order valence-corrected chi connectivity index (χ2v) is 6.13. The molecule has 0 bridgehead atoms. The van der Waals surface area contributed by atoms with E-state index in [0.717, 1.165) is 29.8 Å². The average molecular weight is 274 g/mol. The predicted octanol–water partition coefficient (Wildman–Crippen LogP) is 4.02. The van der Waals surface area contributed by atoms with Gasteiger partial charge < -0.3 is 10.3 Å². The van der Waals surface area contributed by atoms with Crippen molar-refractivity contribution in [1.29, 1.82) is 0 Å². The molecule has 1 saturated carbocycles. The SMILES string of the molecule is C[C@@H](CCC1CC1)NCCc1c[nH]c2cc(F)ccc12. The molecule has 0 aliphatic heterocycles. The van der Waals surface area contributed by atoms with E-state index in [1.165, 1.54) is 37.3 Å². The molecule has 1 aromatic heterocycles. The molecule has 3 rings (SSSR count). The zero-order chi connectivity index (χ0) is 13.9. The number of nitrogens with one attached hydrogen (secondary N) is 2. The van der Waals surface area contributed by atoms with Crippen LogP contribution in [-0.2, 0) is 6.42 Å². The summed E-state index contributed by atoms with van der Waals surface area (Å²) in [6, 6.07) is 5.56. The molecule has 1 aliphatic carbocycles. The number of aromatic amines is 1. The fourth-order valence-electron chi connectivity index (χ4n) is 2.81. The summed E-state index contributed by atoms with van der Waals surface area (Å²) < 4.78 is 13.1. The first-order valence-corrected chi connectivity index (χ1v) is 7.71. The van der Waals surface area contributed by atoms with E-state index in [1.54, 1.807) is 6.07 Å². The first-order chi connectivity index (χ1) is 9.72. The van der Waals surface area contributed by atoms with Gasteiger partial charge in [0.05, 0.1) is 0 Å². The normalized spacial score (nSPS) is 16.7. The van der Waals surface area contributed by atoms with Gasteiger partial charge in [-0.05, 0) is 62.4 Å². The second-order valence-electron chi connectivity index (χ2n) is 6.13. The summed E-state index contributed by atoms with van der Waals surface area (Å²) in [7, 11) is 0. The van der Waals surface area contributed by atoms with Crippen molar-refractivity contribution in [3.63, 3.8) is 0 Å². The van der Waals surface area contributed by atoms with Crippen LogP contribution in [0.25, 0.3) is 10.9 Å². The Balaban J connectivity index is 1.49. The van der Waals surface area contributed by atoms with Gasteiger partial charge in [-0.1, -0.05) is 12.8 Å². The molecule has 0 unspecified atom stereocenters. The molecule has 1 aromatic carbocycles. The summed E-state index contributed by atoms with van der Waals surface area (Å²) in [5.41, 5.74) is 2.16. The van der Waals surface area contributed by atoms with Crippen molar-refractivity contribution in [3.05, 3.63) is 35.8 Å². The Labute approximate surface area is 119 Å². The van der Waals surface area contributed by atoms with Crippen LogP contribution in [0.15, 0.2) is 24.4 Å². The van der Waals surface area contributed by atoms with Gasteiger partial charge in [0, 0.05) is 23.1 Å². The van der Waals surface area contributed by atoms with Crippen LogP contribution in [0.5, 0.6) is 0 Å². The average Bonchev–Trinajstić information content (AvgIpc) is 3.18. The number of benzene rings is 1. The van der Waals surface area contributed by atoms with E-state index in [-0.39, 0.29) is 5.82 Å². The Morgan fingerprint density at radius 2 is 2.25 bits per heavy atom. The van der Waals surface area contributed by atoms with Gasteiger partial charge >= 0.3 is 0 Å². The number of H-pyrrole nitrogens is 1. The maximum atomic E-state index is 13.1. The molecule has 20 heavy (non-hydrogen) atoms. The summed E-state index contributed by atoms with van der Waals surface area (Å²) in [6.07, 6.45) is 8.53. The lowest BCUT2D eigenvalue weighted by Crippen LogP contribution is -2.28. The van der Waals surface area contributed by atoms with Crippen LogP contribution in [0.2, 0.25) is 0 Å². The highest BCUT2D eigenvalue weighted by Gasteiger charge is 2.21. The molecule has 1 heterocycles. The topological polar surface area (TPSA) is 27.8 Å². The van der Waals surface area contributed by atoms with Crippen LogP contribution >= 0.6 is 0 Å². The van der Waals surface area contributed by atoms with E-state index < -0.39 is 0 Å². The molecule has 1 aliphatic rings. The van der Waals surface area contributed by atoms with Crippen molar-refractivity contribution in [2.45, 2.75) is 45.1 Å². The number of hydrogen-bond acceptors (Lipinski definition) is 1. The molecular weight excluding hydrogens is 251 g/mol. The van der Waals surface area contributed by atoms with Crippen LogP contribution in [0.4, 0.5) is 4.39 Å². The minimum atomic E-state index is -0.183. The number of rotatable bonds is 7. The van der Waals surface area contributed by atoms with Crippen LogP contribution in [0.3, 0.4) is 0 Å². The van der Waals surface area contributed by atoms with E-state index >= 15 is 0 Å². The third-order valence-electron chi connectivity index (χ3n) is 4.32. The van der Waals surface area contributed by atoms with Gasteiger partial charge in [-0.15, -0.1) is 0 Å². The van der Waals surface area contributed by atoms with Crippen LogP contribution < -0.4 is 5.32 Å². The maximum Gasteiger partial charge on any atom is 0.125 e. The van der Waals surface area contributed by atoms with E-state index in [4.69, 9.17) is 0 Å². The minimum Gasteiger partial charge on any atom is -0.361 e. The number of halogens is 1. The molecule has 0 radical (unpaired) electrons. The second kappa shape index (κ2) is 5.96. The number of hydrogen-bond donors (Lipinski definition) is 2. The third kappa shape index (κ3) is 3.40. The van der Waals surface area contributed by atoms with E-state index in [1.807, 2.05) is 12.3 Å². The zero-order valence-electron chi connectivity index (χ0n) is 12.1. The van der Waals surface area contributed by atoms with Crippen molar-refractivity contribution in [2.75, 3.05) is 6.54 Å². The van der Waals surface area contributed by atoms with Gasteiger partial charge in [0.25, 0.3) is 0 Å². The monoisotopic (exact) mass is 274 g/mol. The first-order valence-electron chi connectivity index (χ1n) is 7.71. The molecule has 0 spiro atoms. The molecule has 1 fully saturated rings. The fraction of sp³-hybridized carbons (Fsp3) is 0.529. The summed E-state index contributed by atoms with van der Waals surface area (Å²) in [5.74, 6) is 0.834. The van der Waals surface area contributed by atoms with Crippen molar-refractivity contribution >= 4 is 10.9 Å². The smallest absolute Gasteiger partial charge is 0.125 e. The van der Waals surface area contributed by atoms with Gasteiger partial charge in [-0.2, -0.15) is 0 Å². The summed E-state index contributed by atoms with van der Waals surface area (Å²) >= 11 is 0. The molecule has 3 heteroatoms. The molecular formula is C17H23FN2. The predicted molar refractivity (Wildman–Crippen MR) is 81.4 cm³/mol. The molecule has 108 valence electrons. The molecule has 2 N–H and O–H groups in total. The van der Waals surface area contributed by atoms with Crippen molar-refractivity contribution in [3.8, 4) is 0 Å². The molecule has 0 amide bonds. The Hall–Kier alpha value is -1.35. The first kappa shape index (κ1) is 13.6. The Kier molecular flexibility index (Phi) is 4.06. The van der Waals surface area contributed by atoms with Crippen molar-refractivity contribution in [1.82, 2.24) is 10.3 Å². The highest BCUT2D eigenvalue weighted by atomic mass is 19.1. The fourth-order valence-corrected chi connectivity index (χ4v) is 2.81. The van der Waals surface area contributed by atoms with Crippen LogP contribution in [-0.4, -0.2) is 17.6 Å². The summed E-state index contributed by atoms with van der Waals surface area (Å²) in [4.78, 5) is 3.15. The standard InChI is InChI=1S/C17H23FN2/c1-12(2-3-13-4-5-13)19-9-8-14-11-20-17-10-15(18)6-7-16(14)17/h6-7,10-13,19-20H,2-5,8-9H2,1H3/t12-/m0/s1. The summed E-state index contributed by atoms with van der Waals surface area (Å²) in [5, 5.41) is 4.73. The van der Waals surface area contributed by atoms with E-state index in [9.17, 15) is 4.39 Å². The highest BCUT2D eigenvalue weighted by Crippen LogP contribution is 2.33. The summed E-state index contributed by atoms with van der Waals surface area (Å²) in [6.45, 7) is 3.25. The van der Waals surface area contributed by atoms with Gasteiger partial charge in [-0.25, -0.2) is 4.39 Å². The van der Waals surface area contributed by atoms with Gasteiger partial charge in [0.2, 0.25) is 0 Å². The third-order valence-corrected chi connectivity index (χ3v) is 4.32. The van der Waals surface area contributed by atoms with Crippen LogP contribution in [0.1, 0.15) is 38.2 Å². The number of aromatic nitrogens is 1. The largest absolute Gasteiger partial charge is 0.361 e. The lowest BCUT2D eigenvalue weighted by atomic mass is 10.1. The van der Waals surface area contributed by atoms with Gasteiger partial charge in [0.15, 0.2) is 0 Å². The maximum absolute atomic E-state index is 13.1. The van der Waals surface area contributed by atoms with E-state index in [2.05, 4.69) is 17.2 Å². The van der Waals surface area contributed by atoms with Gasteiger partial charge in [0.1, 0.15) is 5.82 Å². The Morgan fingerprint density at radius 3 is 3.05 bits per heavy atom. The molecule has 2 aromatic rings. The van der Waals surface area contributed by atoms with Crippen molar-refractivity contribution < 1.29 is 4.39 Å². The quantitative estimate of drug-likeness (QED) is 0.784. The Morgan fingerprint density at radius 1 is 1.40 bits per heavy atom. The lowest BCUT2D eigenvalue weighted by molar-refractivity contribution is 0.486. The molecule has 2 nitrogen and oxygen atoms in total. The molecule has 1 atom stereocenters. The number of fused-ring (bicyclic) bond motifs is 1. The minimum absolute atomic E-state index is 0.183. The zero-order valence-corrected chi connectivity index (χ0v) is 12.1. The van der Waals surface area contributed by atoms with Crippen molar-refractivity contribution in [2.24, 2.45) is 5.92 Å². The Bertz CT molecular complexity index is 571.